The molecule has 2 aliphatic rings. The third-order valence-corrected chi connectivity index (χ3v) is 5.66. The summed E-state index contributed by atoms with van der Waals surface area (Å²) >= 11 is 6.02. The van der Waals surface area contributed by atoms with Gasteiger partial charge >= 0.3 is 0 Å². The molecule has 0 bridgehead atoms. The Labute approximate surface area is 179 Å². The maximum atomic E-state index is 13.4. The molecule has 0 aromatic heterocycles. The standard InChI is InChI=1S/C22H21ClN2O5/c1-24(2)9-10-25-19(13-3-6-15(23)7-4-13)18(21(27)22(25)28)20(26)14-5-8-16-17(11-14)30-12-29-16/h3-8,11,18-19H,9-10,12H2,1-2H3/p+1. The van der Waals surface area contributed by atoms with Crippen LogP contribution in [-0.2, 0) is 9.59 Å². The van der Waals surface area contributed by atoms with Crippen molar-refractivity contribution in [2.45, 2.75) is 6.04 Å². The van der Waals surface area contributed by atoms with E-state index in [2.05, 4.69) is 0 Å². The van der Waals surface area contributed by atoms with Gasteiger partial charge in [-0.25, -0.2) is 0 Å². The van der Waals surface area contributed by atoms with Crippen LogP contribution in [0, 0.1) is 5.92 Å². The fourth-order valence-electron chi connectivity index (χ4n) is 3.83. The predicted molar refractivity (Wildman–Crippen MR) is 109 cm³/mol. The Morgan fingerprint density at radius 2 is 1.80 bits per heavy atom. The SMILES string of the molecule is C[NH+](C)CCN1C(=O)C(=O)C(C(=O)c2ccc3c(c2)OCO3)C1c1ccc(Cl)cc1. The number of carbonyl (C=O) groups excluding carboxylic acids is 3. The van der Waals surface area contributed by atoms with Crippen LogP contribution in [0.15, 0.2) is 42.5 Å². The van der Waals surface area contributed by atoms with Crippen molar-refractivity contribution >= 4 is 29.1 Å². The summed E-state index contributed by atoms with van der Waals surface area (Å²) in [7, 11) is 3.93. The summed E-state index contributed by atoms with van der Waals surface area (Å²) in [6.07, 6.45) is 0. The summed E-state index contributed by atoms with van der Waals surface area (Å²) in [5.41, 5.74) is 1.01. The molecule has 0 radical (unpaired) electrons. The molecule has 0 saturated carbocycles. The second kappa shape index (κ2) is 8.08. The molecule has 4 rings (SSSR count). The number of nitrogens with one attached hydrogen (secondary N) is 1. The van der Waals surface area contributed by atoms with Crippen molar-refractivity contribution in [3.8, 4) is 11.5 Å². The number of likely N-dealkylation sites (tertiary alicyclic amines) is 1. The highest BCUT2D eigenvalue weighted by atomic mass is 35.5. The van der Waals surface area contributed by atoms with Crippen LogP contribution in [0.25, 0.3) is 0 Å². The number of hydrogen-bond acceptors (Lipinski definition) is 5. The first-order valence-electron chi connectivity index (χ1n) is 9.70. The molecule has 2 atom stereocenters. The van der Waals surface area contributed by atoms with Gasteiger partial charge in [0.15, 0.2) is 17.3 Å². The Hall–Kier alpha value is -2.90. The van der Waals surface area contributed by atoms with Gasteiger partial charge in [-0.1, -0.05) is 23.7 Å². The van der Waals surface area contributed by atoms with E-state index >= 15 is 0 Å². The number of amides is 1. The summed E-state index contributed by atoms with van der Waals surface area (Å²) in [6.45, 7) is 1.10. The molecule has 8 heteroatoms. The highest BCUT2D eigenvalue weighted by Crippen LogP contribution is 2.40. The van der Waals surface area contributed by atoms with E-state index in [9.17, 15) is 14.4 Å². The Morgan fingerprint density at radius 1 is 1.10 bits per heavy atom. The number of quaternary nitrogens is 1. The minimum Gasteiger partial charge on any atom is -0.454 e. The fourth-order valence-corrected chi connectivity index (χ4v) is 3.96. The minimum atomic E-state index is -1.13. The van der Waals surface area contributed by atoms with Gasteiger partial charge in [0.05, 0.1) is 33.2 Å². The van der Waals surface area contributed by atoms with Crippen molar-refractivity contribution in [3.63, 3.8) is 0 Å². The van der Waals surface area contributed by atoms with Gasteiger partial charge in [0.2, 0.25) is 12.6 Å². The predicted octanol–water partition coefficient (Wildman–Crippen LogP) is 1.16. The summed E-state index contributed by atoms with van der Waals surface area (Å²) in [5, 5.41) is 0.539. The van der Waals surface area contributed by atoms with E-state index in [-0.39, 0.29) is 6.79 Å². The van der Waals surface area contributed by atoms with Crippen LogP contribution in [0.4, 0.5) is 0 Å². The molecule has 7 nitrogen and oxygen atoms in total. The first-order valence-corrected chi connectivity index (χ1v) is 10.1. The number of nitrogens with zero attached hydrogens (tertiary/aromatic N) is 1. The second-order valence-corrected chi connectivity index (χ2v) is 8.16. The average Bonchev–Trinajstić information content (AvgIpc) is 3.29. The van der Waals surface area contributed by atoms with Crippen LogP contribution >= 0.6 is 11.6 Å². The molecule has 1 N–H and O–H groups in total. The third-order valence-electron chi connectivity index (χ3n) is 5.41. The van der Waals surface area contributed by atoms with Gasteiger partial charge in [0.1, 0.15) is 5.92 Å². The van der Waals surface area contributed by atoms with Crippen molar-refractivity contribution in [2.75, 3.05) is 34.0 Å². The highest BCUT2D eigenvalue weighted by molar-refractivity contribution is 6.44. The van der Waals surface area contributed by atoms with Crippen molar-refractivity contribution in [2.24, 2.45) is 5.92 Å². The zero-order valence-corrected chi connectivity index (χ0v) is 17.4. The number of rotatable bonds is 6. The highest BCUT2D eigenvalue weighted by Gasteiger charge is 2.51. The molecule has 2 aromatic rings. The number of halogens is 1. The molecule has 2 aromatic carbocycles. The molecular weight excluding hydrogens is 408 g/mol. The number of Topliss-reactive ketones (excluding diaryl/α,β-unsaturated/α-hetero) is 2. The smallest absolute Gasteiger partial charge is 0.291 e. The quantitative estimate of drug-likeness (QED) is 0.423. The summed E-state index contributed by atoms with van der Waals surface area (Å²) in [6, 6.07) is 11.0. The topological polar surface area (TPSA) is 77.4 Å². The molecule has 1 fully saturated rings. The Kier molecular flexibility index (Phi) is 5.49. The molecule has 1 saturated heterocycles. The van der Waals surface area contributed by atoms with Gasteiger partial charge in [0, 0.05) is 10.6 Å². The van der Waals surface area contributed by atoms with E-state index in [4.69, 9.17) is 21.1 Å². The molecule has 2 unspecified atom stereocenters. The van der Waals surface area contributed by atoms with Crippen molar-refractivity contribution in [1.82, 2.24) is 4.90 Å². The van der Waals surface area contributed by atoms with E-state index in [1.165, 1.54) is 4.90 Å². The zero-order valence-electron chi connectivity index (χ0n) is 16.7. The van der Waals surface area contributed by atoms with Crippen LogP contribution in [0.1, 0.15) is 22.0 Å². The summed E-state index contributed by atoms with van der Waals surface area (Å²) in [4.78, 5) is 41.9. The normalized spacial score (nSPS) is 20.3. The second-order valence-electron chi connectivity index (χ2n) is 7.73. The average molecular weight is 430 g/mol. The lowest BCUT2D eigenvalue weighted by Crippen LogP contribution is -3.06. The zero-order chi connectivity index (χ0) is 21.4. The third kappa shape index (κ3) is 3.66. The molecule has 2 aliphatic heterocycles. The number of fused-ring (bicyclic) bond motifs is 1. The van der Waals surface area contributed by atoms with Crippen LogP contribution in [0.5, 0.6) is 11.5 Å². The van der Waals surface area contributed by atoms with Crippen molar-refractivity contribution in [3.05, 3.63) is 58.6 Å². The monoisotopic (exact) mass is 429 g/mol. The lowest BCUT2D eigenvalue weighted by atomic mass is 9.86. The minimum absolute atomic E-state index is 0.0852. The lowest BCUT2D eigenvalue weighted by molar-refractivity contribution is -0.857. The van der Waals surface area contributed by atoms with Gasteiger partial charge in [-0.2, -0.15) is 0 Å². The molecule has 0 aliphatic carbocycles. The Balaban J connectivity index is 1.73. The van der Waals surface area contributed by atoms with Crippen molar-refractivity contribution in [1.29, 1.82) is 0 Å². The van der Waals surface area contributed by atoms with Gasteiger partial charge in [-0.3, -0.25) is 14.4 Å². The van der Waals surface area contributed by atoms with E-state index in [1.807, 2.05) is 14.1 Å². The van der Waals surface area contributed by atoms with Crippen molar-refractivity contribution < 1.29 is 28.8 Å². The molecular formula is C22H22ClN2O5+. The van der Waals surface area contributed by atoms with Crippen LogP contribution in [0.2, 0.25) is 5.02 Å². The van der Waals surface area contributed by atoms with Gasteiger partial charge in [0.25, 0.3) is 5.91 Å². The van der Waals surface area contributed by atoms with Crippen LogP contribution in [-0.4, -0.2) is 56.4 Å². The number of likely N-dealkylation sites (N-methyl/N-ethyl adjacent to an activating group) is 1. The lowest BCUT2D eigenvalue weighted by Gasteiger charge is -2.27. The number of ether oxygens (including phenoxy) is 2. The summed E-state index contributed by atoms with van der Waals surface area (Å²) in [5.74, 6) is -1.86. The first kappa shape index (κ1) is 20.4. The maximum absolute atomic E-state index is 13.4. The fraction of sp³-hybridized carbons (Fsp3) is 0.318. The van der Waals surface area contributed by atoms with Gasteiger partial charge < -0.3 is 19.3 Å². The number of ketones is 2. The van der Waals surface area contributed by atoms with Crippen LogP contribution in [0.3, 0.4) is 0 Å². The molecule has 0 spiro atoms. The van der Waals surface area contributed by atoms with E-state index in [1.54, 1.807) is 42.5 Å². The first-order chi connectivity index (χ1) is 14.4. The largest absolute Gasteiger partial charge is 0.454 e. The Bertz CT molecular complexity index is 1010. The van der Waals surface area contributed by atoms with E-state index < -0.39 is 29.4 Å². The molecule has 2 heterocycles. The number of carbonyl (C=O) groups is 3. The molecule has 1 amide bonds. The molecule has 156 valence electrons. The number of hydrogen-bond donors (Lipinski definition) is 1. The Morgan fingerprint density at radius 3 is 2.50 bits per heavy atom. The number of benzene rings is 2. The molecule has 30 heavy (non-hydrogen) atoms. The van der Waals surface area contributed by atoms with Gasteiger partial charge in [-0.15, -0.1) is 0 Å². The van der Waals surface area contributed by atoms with Crippen LogP contribution < -0.4 is 14.4 Å². The van der Waals surface area contributed by atoms with E-state index in [0.29, 0.717) is 40.7 Å². The summed E-state index contributed by atoms with van der Waals surface area (Å²) < 4.78 is 10.6. The van der Waals surface area contributed by atoms with E-state index in [0.717, 1.165) is 4.90 Å². The maximum Gasteiger partial charge on any atom is 0.291 e. The van der Waals surface area contributed by atoms with Gasteiger partial charge in [-0.05, 0) is 35.9 Å².